The van der Waals surface area contributed by atoms with Crippen molar-refractivity contribution in [1.29, 1.82) is 0 Å². The first-order valence-electron chi connectivity index (χ1n) is 7.07. The Morgan fingerprint density at radius 1 is 1.24 bits per heavy atom. The monoisotopic (exact) mass is 361 g/mol. The Bertz CT molecular complexity index is 840. The molecular formula is C16H15N3O5S. The van der Waals surface area contributed by atoms with Gasteiger partial charge >= 0.3 is 5.97 Å². The van der Waals surface area contributed by atoms with Crippen molar-refractivity contribution in [1.82, 2.24) is 4.90 Å². The van der Waals surface area contributed by atoms with E-state index in [4.69, 9.17) is 10.8 Å². The van der Waals surface area contributed by atoms with Crippen LogP contribution in [0.1, 0.15) is 10.4 Å². The van der Waals surface area contributed by atoms with Gasteiger partial charge in [-0.2, -0.15) is 0 Å². The van der Waals surface area contributed by atoms with Crippen LogP contribution in [0, 0.1) is 10.1 Å². The summed E-state index contributed by atoms with van der Waals surface area (Å²) in [6, 6.07) is 11.0. The molecule has 0 aliphatic rings. The van der Waals surface area contributed by atoms with Crippen LogP contribution >= 0.6 is 11.8 Å². The maximum Gasteiger partial charge on any atom is 0.323 e. The van der Waals surface area contributed by atoms with Crippen LogP contribution < -0.4 is 5.73 Å². The molecule has 1 amide bonds. The van der Waals surface area contributed by atoms with E-state index < -0.39 is 23.3 Å². The second-order valence-corrected chi connectivity index (χ2v) is 6.22. The van der Waals surface area contributed by atoms with Gasteiger partial charge in [0.1, 0.15) is 6.54 Å². The summed E-state index contributed by atoms with van der Waals surface area (Å²) < 4.78 is 0. The van der Waals surface area contributed by atoms with E-state index in [2.05, 4.69) is 0 Å². The number of nitro benzene ring substituents is 1. The third kappa shape index (κ3) is 4.48. The molecule has 130 valence electrons. The van der Waals surface area contributed by atoms with Crippen molar-refractivity contribution in [2.24, 2.45) is 0 Å². The summed E-state index contributed by atoms with van der Waals surface area (Å²) in [4.78, 5) is 35.6. The zero-order chi connectivity index (χ0) is 18.6. The summed E-state index contributed by atoms with van der Waals surface area (Å²) >= 11 is 1.12. The SMILES string of the molecule is CN(CC(=O)O)C(=O)c1ccc(Sc2ccccc2N)c([N+](=O)[O-])c1. The number of rotatable bonds is 6. The van der Waals surface area contributed by atoms with Crippen LogP contribution in [0.2, 0.25) is 0 Å². The smallest absolute Gasteiger partial charge is 0.323 e. The number of nitro groups is 1. The summed E-state index contributed by atoms with van der Waals surface area (Å²) in [5.74, 6) is -1.78. The molecule has 3 N–H and O–H groups in total. The van der Waals surface area contributed by atoms with Crippen LogP contribution in [0.5, 0.6) is 0 Å². The number of benzene rings is 2. The van der Waals surface area contributed by atoms with Crippen molar-refractivity contribution >= 4 is 35.0 Å². The second kappa shape index (κ2) is 7.67. The highest BCUT2D eigenvalue weighted by Crippen LogP contribution is 2.37. The Balaban J connectivity index is 2.35. The van der Waals surface area contributed by atoms with E-state index in [1.54, 1.807) is 24.3 Å². The number of hydrogen-bond donors (Lipinski definition) is 2. The van der Waals surface area contributed by atoms with Crippen LogP contribution in [0.4, 0.5) is 11.4 Å². The molecule has 0 spiro atoms. The lowest BCUT2D eigenvalue weighted by Gasteiger charge is -2.15. The normalized spacial score (nSPS) is 10.3. The van der Waals surface area contributed by atoms with Gasteiger partial charge in [0, 0.05) is 29.3 Å². The van der Waals surface area contributed by atoms with Gasteiger partial charge in [0.25, 0.3) is 11.6 Å². The molecule has 9 heteroatoms. The Hall–Kier alpha value is -3.07. The first-order valence-corrected chi connectivity index (χ1v) is 7.89. The molecule has 0 radical (unpaired) electrons. The predicted octanol–water partition coefficient (Wildman–Crippen LogP) is 2.48. The topological polar surface area (TPSA) is 127 Å². The molecule has 0 aliphatic heterocycles. The van der Waals surface area contributed by atoms with Gasteiger partial charge in [0.15, 0.2) is 0 Å². The predicted molar refractivity (Wildman–Crippen MR) is 92.7 cm³/mol. The lowest BCUT2D eigenvalue weighted by molar-refractivity contribution is -0.387. The zero-order valence-corrected chi connectivity index (χ0v) is 14.0. The molecule has 0 fully saturated rings. The van der Waals surface area contributed by atoms with Gasteiger partial charge in [-0.1, -0.05) is 23.9 Å². The average Bonchev–Trinajstić information content (AvgIpc) is 2.55. The molecule has 0 bridgehead atoms. The van der Waals surface area contributed by atoms with Gasteiger partial charge in [0.2, 0.25) is 0 Å². The van der Waals surface area contributed by atoms with Crippen LogP contribution in [-0.2, 0) is 4.79 Å². The Kier molecular flexibility index (Phi) is 5.60. The van der Waals surface area contributed by atoms with Crippen molar-refractivity contribution in [3.8, 4) is 0 Å². The van der Waals surface area contributed by atoms with Crippen molar-refractivity contribution in [3.63, 3.8) is 0 Å². The number of aliphatic carboxylic acids is 1. The van der Waals surface area contributed by atoms with Gasteiger partial charge in [-0.15, -0.1) is 0 Å². The number of nitrogens with two attached hydrogens (primary N) is 1. The summed E-state index contributed by atoms with van der Waals surface area (Å²) in [5, 5.41) is 20.1. The minimum Gasteiger partial charge on any atom is -0.480 e. The van der Waals surface area contributed by atoms with E-state index in [0.717, 1.165) is 22.7 Å². The fraction of sp³-hybridized carbons (Fsp3) is 0.125. The van der Waals surface area contributed by atoms with Crippen LogP contribution in [-0.4, -0.2) is 40.4 Å². The molecule has 2 aromatic rings. The number of amides is 1. The highest BCUT2D eigenvalue weighted by Gasteiger charge is 2.21. The fourth-order valence-electron chi connectivity index (χ4n) is 2.07. The molecule has 0 saturated heterocycles. The number of carboxylic acid groups (broad SMARTS) is 1. The first kappa shape index (κ1) is 18.3. The van der Waals surface area contributed by atoms with Gasteiger partial charge in [-0.25, -0.2) is 0 Å². The molecule has 25 heavy (non-hydrogen) atoms. The highest BCUT2D eigenvalue weighted by atomic mass is 32.2. The number of nitrogens with zero attached hydrogens (tertiary/aromatic N) is 2. The lowest BCUT2D eigenvalue weighted by Crippen LogP contribution is -2.31. The molecule has 0 aromatic heterocycles. The van der Waals surface area contributed by atoms with Crippen molar-refractivity contribution in [2.45, 2.75) is 9.79 Å². The number of hydrogen-bond acceptors (Lipinski definition) is 6. The summed E-state index contributed by atoms with van der Waals surface area (Å²) in [6.07, 6.45) is 0. The van der Waals surface area contributed by atoms with Crippen LogP contribution in [0.25, 0.3) is 0 Å². The number of nitrogen functional groups attached to an aromatic ring is 1. The molecule has 0 unspecified atom stereocenters. The Morgan fingerprint density at radius 3 is 2.52 bits per heavy atom. The van der Waals surface area contributed by atoms with Crippen molar-refractivity contribution in [2.75, 3.05) is 19.3 Å². The van der Waals surface area contributed by atoms with Crippen molar-refractivity contribution in [3.05, 3.63) is 58.1 Å². The van der Waals surface area contributed by atoms with Gasteiger partial charge in [0.05, 0.1) is 9.82 Å². The number of para-hydroxylation sites is 1. The molecule has 0 heterocycles. The van der Waals surface area contributed by atoms with Crippen molar-refractivity contribution < 1.29 is 19.6 Å². The molecule has 0 saturated carbocycles. The summed E-state index contributed by atoms with van der Waals surface area (Å²) in [5.41, 5.74) is 6.14. The number of likely N-dealkylation sites (N-methyl/N-ethyl adjacent to an activating group) is 1. The molecule has 0 atom stereocenters. The van der Waals surface area contributed by atoms with Gasteiger partial charge < -0.3 is 15.7 Å². The fourth-order valence-corrected chi connectivity index (χ4v) is 3.01. The highest BCUT2D eigenvalue weighted by molar-refractivity contribution is 7.99. The number of carbonyl (C=O) groups excluding carboxylic acids is 1. The van der Waals surface area contributed by atoms with E-state index in [9.17, 15) is 19.7 Å². The molecule has 2 rings (SSSR count). The molecule has 8 nitrogen and oxygen atoms in total. The van der Waals surface area contributed by atoms with E-state index in [0.29, 0.717) is 15.5 Å². The lowest BCUT2D eigenvalue weighted by atomic mass is 10.2. The Morgan fingerprint density at radius 2 is 1.92 bits per heavy atom. The van der Waals surface area contributed by atoms with Crippen LogP contribution in [0.3, 0.4) is 0 Å². The van der Waals surface area contributed by atoms with E-state index in [1.807, 2.05) is 0 Å². The molecule has 0 aliphatic carbocycles. The largest absolute Gasteiger partial charge is 0.480 e. The summed E-state index contributed by atoms with van der Waals surface area (Å²) in [7, 11) is 1.32. The third-order valence-corrected chi connectivity index (χ3v) is 4.42. The first-order chi connectivity index (χ1) is 11.8. The quantitative estimate of drug-likeness (QED) is 0.460. The minimum atomic E-state index is -1.17. The standard InChI is InChI=1S/C16H15N3O5S/c1-18(9-15(20)21)16(22)10-6-7-14(12(8-10)19(23)24)25-13-5-3-2-4-11(13)17/h2-8H,9,17H2,1H3,(H,20,21). The number of anilines is 1. The van der Waals surface area contributed by atoms with Crippen LogP contribution in [0.15, 0.2) is 52.3 Å². The van der Waals surface area contributed by atoms with E-state index in [1.165, 1.54) is 19.2 Å². The maximum atomic E-state index is 12.2. The van der Waals surface area contributed by atoms with Gasteiger partial charge in [-0.3, -0.25) is 19.7 Å². The third-order valence-electron chi connectivity index (χ3n) is 3.26. The summed E-state index contributed by atoms with van der Waals surface area (Å²) in [6.45, 7) is -0.496. The average molecular weight is 361 g/mol. The maximum absolute atomic E-state index is 12.2. The minimum absolute atomic E-state index is 0.0424. The second-order valence-electron chi connectivity index (χ2n) is 5.13. The van der Waals surface area contributed by atoms with E-state index >= 15 is 0 Å². The Labute approximate surface area is 147 Å². The zero-order valence-electron chi connectivity index (χ0n) is 13.2. The molecular weight excluding hydrogens is 346 g/mol. The van der Waals surface area contributed by atoms with E-state index in [-0.39, 0.29) is 11.3 Å². The van der Waals surface area contributed by atoms with Gasteiger partial charge in [-0.05, 0) is 24.3 Å². The number of carbonyl (C=O) groups is 2. The number of carboxylic acids is 1. The molecule has 2 aromatic carbocycles.